The average molecular weight is 544 g/mol. The molecule has 1 aliphatic carbocycles. The molecule has 0 radical (unpaired) electrons. The van der Waals surface area contributed by atoms with Crippen LogP contribution in [0.1, 0.15) is 69.8 Å². The van der Waals surface area contributed by atoms with E-state index in [2.05, 4.69) is 10.6 Å². The van der Waals surface area contributed by atoms with Crippen molar-refractivity contribution in [2.75, 3.05) is 40.4 Å². The predicted molar refractivity (Wildman–Crippen MR) is 143 cm³/mol. The maximum absolute atomic E-state index is 15.1. The van der Waals surface area contributed by atoms with E-state index in [1.54, 1.807) is 24.1 Å². The molecule has 1 aromatic carbocycles. The van der Waals surface area contributed by atoms with E-state index >= 15 is 4.39 Å². The zero-order valence-electron chi connectivity index (χ0n) is 22.3. The van der Waals surface area contributed by atoms with Crippen molar-refractivity contribution in [3.05, 3.63) is 34.6 Å². The summed E-state index contributed by atoms with van der Waals surface area (Å²) in [5.41, 5.74) is -1.25. The molecule has 1 saturated carbocycles. The number of ether oxygens (including phenoxy) is 1. The van der Waals surface area contributed by atoms with Crippen molar-refractivity contribution in [1.82, 2.24) is 15.5 Å². The average Bonchev–Trinajstić information content (AvgIpc) is 2.89. The molecular weight excluding hydrogens is 500 g/mol. The molecule has 6 nitrogen and oxygen atoms in total. The maximum atomic E-state index is 15.1. The van der Waals surface area contributed by atoms with Crippen LogP contribution in [-0.2, 0) is 10.3 Å². The maximum Gasteiger partial charge on any atom is 0.317 e. The van der Waals surface area contributed by atoms with Crippen molar-refractivity contribution >= 4 is 17.6 Å². The van der Waals surface area contributed by atoms with Crippen LogP contribution in [0.3, 0.4) is 0 Å². The smallest absolute Gasteiger partial charge is 0.317 e. The highest BCUT2D eigenvalue weighted by molar-refractivity contribution is 6.30. The number of alkyl halides is 1. The molecule has 0 unspecified atom stereocenters. The SMILES string of the molecule is CNC[C@H](CC1CCC(F)CC1)NC(=O)N1CCC[C@@H]([C@@](O)(CCCCOC)c2cccc(Cl)c2F)C1. The van der Waals surface area contributed by atoms with Gasteiger partial charge in [0, 0.05) is 50.9 Å². The number of halogens is 3. The van der Waals surface area contributed by atoms with Gasteiger partial charge in [0.05, 0.1) is 10.6 Å². The van der Waals surface area contributed by atoms with Gasteiger partial charge in [0.2, 0.25) is 0 Å². The first kappa shape index (κ1) is 30.1. The van der Waals surface area contributed by atoms with Crippen molar-refractivity contribution in [2.24, 2.45) is 11.8 Å². The summed E-state index contributed by atoms with van der Waals surface area (Å²) in [5, 5.41) is 18.3. The second-order valence-electron chi connectivity index (χ2n) is 10.8. The Bertz CT molecular complexity index is 856. The predicted octanol–water partition coefficient (Wildman–Crippen LogP) is 5.41. The Labute approximate surface area is 225 Å². The van der Waals surface area contributed by atoms with E-state index in [9.17, 15) is 14.3 Å². The first-order valence-electron chi connectivity index (χ1n) is 13.8. The highest BCUT2D eigenvalue weighted by atomic mass is 35.5. The van der Waals surface area contributed by atoms with Crippen molar-refractivity contribution < 1.29 is 23.4 Å². The van der Waals surface area contributed by atoms with Crippen molar-refractivity contribution in [1.29, 1.82) is 0 Å². The number of carbonyl (C=O) groups excluding carboxylic acids is 1. The van der Waals surface area contributed by atoms with Crippen molar-refractivity contribution in [3.8, 4) is 0 Å². The lowest BCUT2D eigenvalue weighted by Gasteiger charge is -2.43. The Hall–Kier alpha value is -1.48. The van der Waals surface area contributed by atoms with Crippen LogP contribution in [0, 0.1) is 17.7 Å². The van der Waals surface area contributed by atoms with E-state index in [1.165, 1.54) is 6.07 Å². The molecule has 2 amide bonds. The van der Waals surface area contributed by atoms with Crippen molar-refractivity contribution in [2.45, 2.75) is 82.0 Å². The molecule has 1 saturated heterocycles. The number of carbonyl (C=O) groups is 1. The third-order valence-corrected chi connectivity index (χ3v) is 8.42. The molecule has 2 fully saturated rings. The van der Waals surface area contributed by atoms with Gasteiger partial charge in [-0.15, -0.1) is 0 Å². The van der Waals surface area contributed by atoms with Gasteiger partial charge < -0.3 is 25.4 Å². The fourth-order valence-corrected chi connectivity index (χ4v) is 6.23. The Morgan fingerprint density at radius 2 is 2.03 bits per heavy atom. The van der Waals surface area contributed by atoms with Gasteiger partial charge in [0.1, 0.15) is 12.0 Å². The van der Waals surface area contributed by atoms with E-state index in [-0.39, 0.29) is 28.6 Å². The zero-order chi connectivity index (χ0) is 26.8. The van der Waals surface area contributed by atoms with Crippen LogP contribution in [0.2, 0.25) is 5.02 Å². The molecule has 210 valence electrons. The van der Waals surface area contributed by atoms with E-state index in [4.69, 9.17) is 16.3 Å². The lowest BCUT2D eigenvalue weighted by Crippen LogP contribution is -2.54. The minimum Gasteiger partial charge on any atom is -0.385 e. The summed E-state index contributed by atoms with van der Waals surface area (Å²) in [6.45, 7) is 2.11. The molecule has 3 N–H and O–H groups in total. The lowest BCUT2D eigenvalue weighted by molar-refractivity contribution is -0.0587. The van der Waals surface area contributed by atoms with E-state index in [0.717, 1.165) is 32.1 Å². The number of nitrogens with zero attached hydrogens (tertiary/aromatic N) is 1. The number of rotatable bonds is 12. The zero-order valence-corrected chi connectivity index (χ0v) is 23.0. The molecule has 0 bridgehead atoms. The van der Waals surface area contributed by atoms with Crippen LogP contribution in [0.25, 0.3) is 0 Å². The summed E-state index contributed by atoms with van der Waals surface area (Å²) in [7, 11) is 3.49. The summed E-state index contributed by atoms with van der Waals surface area (Å²) in [5.74, 6) is -0.523. The van der Waals surface area contributed by atoms with Crippen LogP contribution in [0.5, 0.6) is 0 Å². The van der Waals surface area contributed by atoms with Crippen LogP contribution in [0.15, 0.2) is 18.2 Å². The number of urea groups is 1. The fourth-order valence-electron chi connectivity index (χ4n) is 6.05. The van der Waals surface area contributed by atoms with E-state index < -0.39 is 17.6 Å². The number of methoxy groups -OCH3 is 1. The molecule has 0 aromatic heterocycles. The summed E-state index contributed by atoms with van der Waals surface area (Å²) >= 11 is 6.09. The molecule has 9 heteroatoms. The van der Waals surface area contributed by atoms with Gasteiger partial charge in [-0.3, -0.25) is 0 Å². The monoisotopic (exact) mass is 543 g/mol. The number of benzene rings is 1. The number of unbranched alkanes of at least 4 members (excludes halogenated alkanes) is 1. The summed E-state index contributed by atoms with van der Waals surface area (Å²) in [6.07, 6.45) is 6.18. The molecule has 2 aliphatic rings. The summed E-state index contributed by atoms with van der Waals surface area (Å²) in [6, 6.07) is 4.52. The number of nitrogens with one attached hydrogen (secondary N) is 2. The van der Waals surface area contributed by atoms with Crippen LogP contribution in [0.4, 0.5) is 13.6 Å². The standard InChI is InChI=1S/C28H44ClF2N3O3/c1-32-18-23(17-20-10-12-22(30)13-11-20)33-27(35)34-15-6-7-21(19-34)28(36,14-3-4-16-37-2)24-8-5-9-25(29)26(24)31/h5,8-9,20-23,32,36H,3-4,6-7,10-19H2,1-2H3,(H,33,35)/t20?,21-,22?,23+,28+/m1/s1. The number of likely N-dealkylation sites (tertiary alicyclic amines) is 1. The van der Waals surface area contributed by atoms with Crippen LogP contribution in [-0.4, -0.2) is 68.6 Å². The molecular formula is C28H44ClF2N3O3. The number of aliphatic hydroxyl groups is 1. The Morgan fingerprint density at radius 1 is 1.27 bits per heavy atom. The molecule has 3 rings (SSSR count). The second-order valence-corrected chi connectivity index (χ2v) is 11.2. The van der Waals surface area contributed by atoms with E-state index in [1.807, 2.05) is 7.05 Å². The van der Waals surface area contributed by atoms with Gasteiger partial charge >= 0.3 is 6.03 Å². The molecule has 1 aromatic rings. The highest BCUT2D eigenvalue weighted by Crippen LogP contribution is 2.42. The minimum absolute atomic E-state index is 0.0186. The molecule has 1 aliphatic heterocycles. The Morgan fingerprint density at radius 3 is 2.73 bits per heavy atom. The van der Waals surface area contributed by atoms with Crippen molar-refractivity contribution in [3.63, 3.8) is 0 Å². The molecule has 3 atom stereocenters. The summed E-state index contributed by atoms with van der Waals surface area (Å²) in [4.78, 5) is 15.1. The molecule has 1 heterocycles. The minimum atomic E-state index is -1.45. The quantitative estimate of drug-likeness (QED) is 0.308. The van der Waals surface area contributed by atoms with Gasteiger partial charge in [-0.25, -0.2) is 13.6 Å². The second kappa shape index (κ2) is 14.6. The van der Waals surface area contributed by atoms with Gasteiger partial charge in [-0.1, -0.05) is 23.7 Å². The third-order valence-electron chi connectivity index (χ3n) is 8.13. The summed E-state index contributed by atoms with van der Waals surface area (Å²) < 4.78 is 33.9. The fraction of sp³-hybridized carbons (Fsp3) is 0.750. The number of hydrogen-bond donors (Lipinski definition) is 3. The Balaban J connectivity index is 1.70. The Kier molecular flexibility index (Phi) is 11.9. The van der Waals surface area contributed by atoms with Gasteiger partial charge in [0.15, 0.2) is 0 Å². The topological polar surface area (TPSA) is 73.8 Å². The molecule has 0 spiro atoms. The number of amides is 2. The number of likely N-dealkylation sites (N-methyl/N-ethyl adjacent to an activating group) is 1. The number of hydrogen-bond acceptors (Lipinski definition) is 4. The number of piperidine rings is 1. The molecule has 37 heavy (non-hydrogen) atoms. The van der Waals surface area contributed by atoms with E-state index in [0.29, 0.717) is 64.3 Å². The first-order valence-corrected chi connectivity index (χ1v) is 14.2. The largest absolute Gasteiger partial charge is 0.385 e. The van der Waals surface area contributed by atoms with Gasteiger partial charge in [0.25, 0.3) is 0 Å². The normalized spacial score (nSPS) is 24.9. The lowest BCUT2D eigenvalue weighted by atomic mass is 9.74. The third kappa shape index (κ3) is 8.25. The van der Waals surface area contributed by atoms with Gasteiger partial charge in [-0.2, -0.15) is 0 Å². The first-order chi connectivity index (χ1) is 17.8. The highest BCUT2D eigenvalue weighted by Gasteiger charge is 2.43. The van der Waals surface area contributed by atoms with Crippen LogP contribution >= 0.6 is 11.6 Å². The van der Waals surface area contributed by atoms with Crippen LogP contribution < -0.4 is 10.6 Å². The van der Waals surface area contributed by atoms with Gasteiger partial charge in [-0.05, 0) is 83.2 Å².